The Morgan fingerprint density at radius 1 is 1.03 bits per heavy atom. The second kappa shape index (κ2) is 6.99. The summed E-state index contributed by atoms with van der Waals surface area (Å²) in [6, 6.07) is 11.2. The van der Waals surface area contributed by atoms with Gasteiger partial charge in [0, 0.05) is 36.1 Å². The summed E-state index contributed by atoms with van der Waals surface area (Å²) in [7, 11) is -0.585. The maximum Gasteiger partial charge on any atom is 0.416 e. The van der Waals surface area contributed by atoms with E-state index in [4.69, 9.17) is 0 Å². The number of nitrogens with zero attached hydrogens (tertiary/aromatic N) is 3. The maximum absolute atomic E-state index is 12.9. The highest BCUT2D eigenvalue weighted by Crippen LogP contribution is 2.35. The van der Waals surface area contributed by atoms with E-state index < -0.39 is 21.8 Å². The molecule has 0 aliphatic rings. The van der Waals surface area contributed by atoms with Crippen molar-refractivity contribution in [2.75, 3.05) is 7.05 Å². The van der Waals surface area contributed by atoms with Gasteiger partial charge in [-0.3, -0.25) is 4.68 Å². The minimum Gasteiger partial charge on any atom is -0.316 e. The van der Waals surface area contributed by atoms with E-state index in [9.17, 15) is 21.6 Å². The second-order valence-electron chi connectivity index (χ2n) is 6.72. The van der Waals surface area contributed by atoms with Crippen LogP contribution in [0.25, 0.3) is 27.8 Å². The molecule has 0 aliphatic heterocycles. The minimum atomic E-state index is -4.42. The summed E-state index contributed by atoms with van der Waals surface area (Å²) in [6.07, 6.45) is -0.928. The predicted molar refractivity (Wildman–Crippen MR) is 107 cm³/mol. The van der Waals surface area contributed by atoms with Gasteiger partial charge in [0.15, 0.2) is 0 Å². The number of rotatable bonds is 4. The molecule has 30 heavy (non-hydrogen) atoms. The summed E-state index contributed by atoms with van der Waals surface area (Å²) in [5.74, 6) is 0. The number of nitrogens with one attached hydrogen (secondary N) is 1. The number of alkyl halides is 3. The number of hydrogen-bond donors (Lipinski definition) is 1. The SMILES string of the molecule is CNS(=O)(=O)c1ccc2c(c1)c(-c1ccn(C)n1)cn2-c1ccc(C(F)(F)F)cc1. The van der Waals surface area contributed by atoms with Crippen molar-refractivity contribution >= 4 is 20.9 Å². The molecule has 2 aromatic heterocycles. The molecule has 0 fully saturated rings. The van der Waals surface area contributed by atoms with Crippen molar-refractivity contribution in [1.29, 1.82) is 0 Å². The van der Waals surface area contributed by atoms with Crippen LogP contribution in [0.3, 0.4) is 0 Å². The van der Waals surface area contributed by atoms with Crippen LogP contribution in [0.5, 0.6) is 0 Å². The molecule has 4 aromatic rings. The zero-order valence-corrected chi connectivity index (χ0v) is 16.8. The molecule has 0 spiro atoms. The molecule has 1 N–H and O–H groups in total. The molecule has 0 saturated carbocycles. The van der Waals surface area contributed by atoms with Crippen LogP contribution in [0.2, 0.25) is 0 Å². The Balaban J connectivity index is 1.95. The van der Waals surface area contributed by atoms with Gasteiger partial charge in [0.1, 0.15) is 0 Å². The van der Waals surface area contributed by atoms with Crippen LogP contribution in [0, 0.1) is 0 Å². The van der Waals surface area contributed by atoms with E-state index in [-0.39, 0.29) is 4.90 Å². The molecular formula is C20H17F3N4O2S. The Kier molecular flexibility index (Phi) is 4.70. The zero-order valence-electron chi connectivity index (χ0n) is 16.0. The molecule has 2 heterocycles. The average Bonchev–Trinajstić information content (AvgIpc) is 3.30. The largest absolute Gasteiger partial charge is 0.416 e. The number of fused-ring (bicyclic) bond motifs is 1. The highest BCUT2D eigenvalue weighted by Gasteiger charge is 2.30. The molecular weight excluding hydrogens is 417 g/mol. The van der Waals surface area contributed by atoms with E-state index in [0.29, 0.717) is 27.8 Å². The van der Waals surface area contributed by atoms with Gasteiger partial charge in [-0.15, -0.1) is 0 Å². The van der Waals surface area contributed by atoms with Gasteiger partial charge < -0.3 is 4.57 Å². The van der Waals surface area contributed by atoms with E-state index in [1.165, 1.54) is 31.3 Å². The Hall–Kier alpha value is -3.11. The fraction of sp³-hybridized carbons (Fsp3) is 0.150. The number of aryl methyl sites for hydroxylation is 1. The summed E-state index contributed by atoms with van der Waals surface area (Å²) in [5, 5.41) is 5.00. The van der Waals surface area contributed by atoms with Gasteiger partial charge in [0.05, 0.1) is 21.7 Å². The highest BCUT2D eigenvalue weighted by atomic mass is 32.2. The number of sulfonamides is 1. The van der Waals surface area contributed by atoms with Crippen molar-refractivity contribution in [3.05, 3.63) is 66.5 Å². The summed E-state index contributed by atoms with van der Waals surface area (Å²) in [5.41, 5.74) is 1.70. The van der Waals surface area contributed by atoms with Crippen LogP contribution < -0.4 is 4.72 Å². The molecule has 0 unspecified atom stereocenters. The normalized spacial score (nSPS) is 12.6. The monoisotopic (exact) mass is 434 g/mol. The van der Waals surface area contributed by atoms with Crippen molar-refractivity contribution in [2.24, 2.45) is 7.05 Å². The summed E-state index contributed by atoms with van der Waals surface area (Å²) < 4.78 is 68.9. The molecule has 10 heteroatoms. The van der Waals surface area contributed by atoms with Crippen LogP contribution in [0.15, 0.2) is 65.8 Å². The molecule has 6 nitrogen and oxygen atoms in total. The Bertz CT molecular complexity index is 1340. The standard InChI is InChI=1S/C20H17F3N4O2S/c1-24-30(28,29)15-7-8-19-16(11-15)17(18-9-10-26(2)25-18)12-27(19)14-5-3-13(4-6-14)20(21,22)23/h3-12,24H,1-2H3. The van der Waals surface area contributed by atoms with Gasteiger partial charge in [0.25, 0.3) is 0 Å². The third-order valence-electron chi connectivity index (χ3n) is 4.82. The van der Waals surface area contributed by atoms with Crippen molar-refractivity contribution < 1.29 is 21.6 Å². The van der Waals surface area contributed by atoms with Crippen molar-refractivity contribution in [3.8, 4) is 16.9 Å². The van der Waals surface area contributed by atoms with Gasteiger partial charge in [-0.2, -0.15) is 18.3 Å². The van der Waals surface area contributed by atoms with E-state index in [0.717, 1.165) is 12.1 Å². The summed E-state index contributed by atoms with van der Waals surface area (Å²) in [4.78, 5) is 0.0832. The van der Waals surface area contributed by atoms with E-state index in [1.54, 1.807) is 40.8 Å². The van der Waals surface area contributed by atoms with Crippen LogP contribution >= 0.6 is 0 Å². The number of aromatic nitrogens is 3. The van der Waals surface area contributed by atoms with Gasteiger partial charge >= 0.3 is 6.18 Å². The first-order valence-electron chi connectivity index (χ1n) is 8.86. The third kappa shape index (κ3) is 3.48. The van der Waals surface area contributed by atoms with Crippen molar-refractivity contribution in [2.45, 2.75) is 11.1 Å². The first-order chi connectivity index (χ1) is 14.1. The second-order valence-corrected chi connectivity index (χ2v) is 8.61. The molecule has 2 aromatic carbocycles. The molecule has 4 rings (SSSR count). The van der Waals surface area contributed by atoms with Crippen LogP contribution in [-0.2, 0) is 23.2 Å². The lowest BCUT2D eigenvalue weighted by molar-refractivity contribution is -0.137. The topological polar surface area (TPSA) is 68.9 Å². The number of halogens is 3. The Labute approximate surface area is 170 Å². The van der Waals surface area contributed by atoms with Gasteiger partial charge in [0.2, 0.25) is 10.0 Å². The Morgan fingerprint density at radius 2 is 1.73 bits per heavy atom. The quantitative estimate of drug-likeness (QED) is 0.529. The highest BCUT2D eigenvalue weighted by molar-refractivity contribution is 7.89. The van der Waals surface area contributed by atoms with Gasteiger partial charge in [-0.05, 0) is 55.6 Å². The van der Waals surface area contributed by atoms with E-state index in [1.807, 2.05) is 0 Å². The first kappa shape index (κ1) is 20.2. The molecule has 0 saturated heterocycles. The number of benzene rings is 2. The molecule has 0 amide bonds. The lowest BCUT2D eigenvalue weighted by atomic mass is 10.1. The lowest BCUT2D eigenvalue weighted by Gasteiger charge is -2.09. The fourth-order valence-corrected chi connectivity index (χ4v) is 4.04. The van der Waals surface area contributed by atoms with Crippen molar-refractivity contribution in [1.82, 2.24) is 19.1 Å². The third-order valence-corrected chi connectivity index (χ3v) is 6.23. The lowest BCUT2D eigenvalue weighted by Crippen LogP contribution is -2.18. The predicted octanol–water partition coefficient (Wildman–Crippen LogP) is 3.96. The van der Waals surface area contributed by atoms with Crippen LogP contribution in [-0.4, -0.2) is 29.8 Å². The maximum atomic E-state index is 12.9. The molecule has 0 atom stereocenters. The average molecular weight is 434 g/mol. The Morgan fingerprint density at radius 3 is 2.30 bits per heavy atom. The summed E-state index contributed by atoms with van der Waals surface area (Å²) in [6.45, 7) is 0. The summed E-state index contributed by atoms with van der Waals surface area (Å²) >= 11 is 0. The minimum absolute atomic E-state index is 0.0832. The molecule has 0 aliphatic carbocycles. The van der Waals surface area contributed by atoms with Gasteiger partial charge in [-0.1, -0.05) is 0 Å². The van der Waals surface area contributed by atoms with Gasteiger partial charge in [-0.25, -0.2) is 13.1 Å². The molecule has 0 bridgehead atoms. The van der Waals surface area contributed by atoms with Crippen molar-refractivity contribution in [3.63, 3.8) is 0 Å². The smallest absolute Gasteiger partial charge is 0.316 e. The molecule has 156 valence electrons. The molecule has 0 radical (unpaired) electrons. The zero-order chi connectivity index (χ0) is 21.7. The number of hydrogen-bond acceptors (Lipinski definition) is 3. The first-order valence-corrected chi connectivity index (χ1v) is 10.3. The van der Waals surface area contributed by atoms with E-state index in [2.05, 4.69) is 9.82 Å². The van der Waals surface area contributed by atoms with E-state index >= 15 is 0 Å². The fourth-order valence-electron chi connectivity index (χ4n) is 3.28. The van der Waals surface area contributed by atoms with Crippen LogP contribution in [0.1, 0.15) is 5.56 Å². The van der Waals surface area contributed by atoms with Crippen LogP contribution in [0.4, 0.5) is 13.2 Å².